The second-order valence-corrected chi connectivity index (χ2v) is 8.93. The number of carbonyl (C=O) groups excluding carboxylic acids is 1. The maximum atomic E-state index is 13.4. The number of hydrogen-bond donors (Lipinski definition) is 2. The fraction of sp³-hybridized carbons (Fsp3) is 0.346. The number of methoxy groups -OCH3 is 1. The zero-order chi connectivity index (χ0) is 23.2. The van der Waals surface area contributed by atoms with Gasteiger partial charge in [-0.2, -0.15) is 0 Å². The third-order valence-corrected chi connectivity index (χ3v) is 5.72. The van der Waals surface area contributed by atoms with Gasteiger partial charge in [-0.1, -0.05) is 17.7 Å². The third-order valence-electron chi connectivity index (χ3n) is 5.72. The molecule has 4 rings (SSSR count). The van der Waals surface area contributed by atoms with Crippen LogP contribution in [0.25, 0.3) is 6.08 Å². The van der Waals surface area contributed by atoms with Gasteiger partial charge in [-0.25, -0.2) is 0 Å². The molecule has 0 saturated carbocycles. The minimum atomic E-state index is -0.837. The van der Waals surface area contributed by atoms with Crippen molar-refractivity contribution >= 4 is 11.9 Å². The summed E-state index contributed by atoms with van der Waals surface area (Å²) in [7, 11) is 1.52. The molecule has 1 atom stereocenters. The van der Waals surface area contributed by atoms with Gasteiger partial charge < -0.3 is 24.4 Å². The Morgan fingerprint density at radius 3 is 2.53 bits per heavy atom. The fourth-order valence-corrected chi connectivity index (χ4v) is 4.18. The number of allylic oxidation sites excluding steroid dienone is 2. The van der Waals surface area contributed by atoms with Crippen LogP contribution in [0.5, 0.6) is 28.7 Å². The molecule has 0 amide bonds. The average Bonchev–Trinajstić information content (AvgIpc) is 2.70. The van der Waals surface area contributed by atoms with E-state index in [0.717, 1.165) is 11.1 Å². The molecular formula is C26H28O6. The molecule has 0 aromatic heterocycles. The number of phenolic OH excluding ortho intramolecular Hbond substituents is 2. The molecule has 0 unspecified atom stereocenters. The molecule has 0 fully saturated rings. The zero-order valence-corrected chi connectivity index (χ0v) is 19.0. The summed E-state index contributed by atoms with van der Waals surface area (Å²) in [5, 5.41) is 20.7. The monoisotopic (exact) mass is 436 g/mol. The lowest BCUT2D eigenvalue weighted by molar-refractivity contribution is 0.0833. The number of phenols is 2. The van der Waals surface area contributed by atoms with Crippen molar-refractivity contribution in [2.75, 3.05) is 7.11 Å². The molecule has 0 radical (unpaired) electrons. The van der Waals surface area contributed by atoms with Gasteiger partial charge in [0.15, 0.2) is 5.78 Å². The molecule has 168 valence electrons. The van der Waals surface area contributed by atoms with E-state index < -0.39 is 11.7 Å². The lowest BCUT2D eigenvalue weighted by atomic mass is 9.88. The van der Waals surface area contributed by atoms with Crippen LogP contribution in [0.1, 0.15) is 67.3 Å². The standard InChI is InChI=1S/C26H28O6/c1-14(2)9-10-15-23-16(11-12-26(3,4)32-23)24(30-5)22-19(29)13-20(31-25(15)22)21-17(27)7-6-8-18(21)28/h6-9,11-12,20,27-28H,10,13H2,1-5H3/t20-/m0/s1. The Kier molecular flexibility index (Phi) is 5.41. The minimum Gasteiger partial charge on any atom is -0.507 e. The van der Waals surface area contributed by atoms with Gasteiger partial charge in [-0.3, -0.25) is 4.79 Å². The molecule has 6 heteroatoms. The second kappa shape index (κ2) is 7.93. The number of carbonyl (C=O) groups is 1. The molecule has 0 spiro atoms. The SMILES string of the molecule is COc1c2c(c(CC=C(C)C)c3c1C(=O)C[C@@H](c1c(O)cccc1O)O3)OC(C)(C)C=C2. The average molecular weight is 437 g/mol. The number of hydrogen-bond acceptors (Lipinski definition) is 6. The van der Waals surface area contributed by atoms with Gasteiger partial charge in [0.1, 0.15) is 46.0 Å². The van der Waals surface area contributed by atoms with E-state index in [4.69, 9.17) is 14.2 Å². The van der Waals surface area contributed by atoms with Crippen molar-refractivity contribution in [3.05, 3.63) is 58.2 Å². The summed E-state index contributed by atoms with van der Waals surface area (Å²) in [5.41, 5.74) is 2.58. The molecular weight excluding hydrogens is 408 g/mol. The van der Waals surface area contributed by atoms with Gasteiger partial charge >= 0.3 is 0 Å². The van der Waals surface area contributed by atoms with E-state index in [2.05, 4.69) is 0 Å². The first-order chi connectivity index (χ1) is 15.1. The lowest BCUT2D eigenvalue weighted by Crippen LogP contribution is -2.30. The molecule has 2 aromatic rings. The number of Topliss-reactive ketones (excluding diaryl/α,β-unsaturated/α-hetero) is 1. The van der Waals surface area contributed by atoms with E-state index in [1.165, 1.54) is 25.3 Å². The molecule has 0 aliphatic carbocycles. The van der Waals surface area contributed by atoms with E-state index in [1.54, 1.807) is 0 Å². The van der Waals surface area contributed by atoms with Crippen LogP contribution in [0.3, 0.4) is 0 Å². The Bertz CT molecular complexity index is 1130. The van der Waals surface area contributed by atoms with Crippen LogP contribution >= 0.6 is 0 Å². The van der Waals surface area contributed by atoms with Crippen LogP contribution < -0.4 is 14.2 Å². The lowest BCUT2D eigenvalue weighted by Gasteiger charge is -2.35. The Balaban J connectivity index is 1.97. The number of fused-ring (bicyclic) bond motifs is 2. The molecule has 2 aliphatic rings. The highest BCUT2D eigenvalue weighted by molar-refractivity contribution is 6.05. The smallest absolute Gasteiger partial charge is 0.174 e. The topological polar surface area (TPSA) is 85.2 Å². The molecule has 0 bridgehead atoms. The maximum Gasteiger partial charge on any atom is 0.174 e. The summed E-state index contributed by atoms with van der Waals surface area (Å²) in [6.07, 6.45) is 5.53. The Hall–Kier alpha value is -3.41. The fourth-order valence-electron chi connectivity index (χ4n) is 4.18. The van der Waals surface area contributed by atoms with Gasteiger partial charge in [-0.05, 0) is 58.4 Å². The predicted molar refractivity (Wildman–Crippen MR) is 122 cm³/mol. The summed E-state index contributed by atoms with van der Waals surface area (Å²) in [6.45, 7) is 7.92. The number of rotatable bonds is 4. The Morgan fingerprint density at radius 1 is 1.22 bits per heavy atom. The van der Waals surface area contributed by atoms with Crippen molar-refractivity contribution in [2.45, 2.75) is 52.2 Å². The first-order valence-electron chi connectivity index (χ1n) is 10.6. The zero-order valence-electron chi connectivity index (χ0n) is 19.0. The van der Waals surface area contributed by atoms with E-state index in [9.17, 15) is 15.0 Å². The number of ketones is 1. The van der Waals surface area contributed by atoms with Gasteiger partial charge in [-0.15, -0.1) is 0 Å². The van der Waals surface area contributed by atoms with Crippen LogP contribution in [0.4, 0.5) is 0 Å². The molecule has 2 heterocycles. The third kappa shape index (κ3) is 3.70. The highest BCUT2D eigenvalue weighted by Crippen LogP contribution is 2.52. The summed E-state index contributed by atoms with van der Waals surface area (Å²) in [6, 6.07) is 4.47. The minimum absolute atomic E-state index is 0.0363. The van der Waals surface area contributed by atoms with Crippen LogP contribution in [0, 0.1) is 0 Å². The quantitative estimate of drug-likeness (QED) is 0.615. The summed E-state index contributed by atoms with van der Waals surface area (Å²) in [4.78, 5) is 13.4. The van der Waals surface area contributed by atoms with E-state index in [-0.39, 0.29) is 29.3 Å². The van der Waals surface area contributed by atoms with Crippen LogP contribution in [0.15, 0.2) is 35.9 Å². The van der Waals surface area contributed by atoms with E-state index in [0.29, 0.717) is 34.8 Å². The Morgan fingerprint density at radius 2 is 1.91 bits per heavy atom. The summed E-state index contributed by atoms with van der Waals surface area (Å²) in [5.74, 6) is 0.959. The van der Waals surface area contributed by atoms with Crippen LogP contribution in [-0.4, -0.2) is 28.7 Å². The van der Waals surface area contributed by atoms with Crippen molar-refractivity contribution < 1.29 is 29.2 Å². The summed E-state index contributed by atoms with van der Waals surface area (Å²) >= 11 is 0. The first kappa shape index (κ1) is 21.8. The molecule has 6 nitrogen and oxygen atoms in total. The van der Waals surface area contributed by atoms with Gasteiger partial charge in [0.25, 0.3) is 0 Å². The van der Waals surface area contributed by atoms with Crippen molar-refractivity contribution in [1.82, 2.24) is 0 Å². The molecule has 2 N–H and O–H groups in total. The largest absolute Gasteiger partial charge is 0.507 e. The highest BCUT2D eigenvalue weighted by Gasteiger charge is 2.39. The van der Waals surface area contributed by atoms with Crippen molar-refractivity contribution in [3.8, 4) is 28.7 Å². The molecule has 32 heavy (non-hydrogen) atoms. The normalized spacial score (nSPS) is 18.2. The highest BCUT2D eigenvalue weighted by atomic mass is 16.5. The van der Waals surface area contributed by atoms with Crippen LogP contribution in [0.2, 0.25) is 0 Å². The Labute approximate surface area is 187 Å². The van der Waals surface area contributed by atoms with Crippen molar-refractivity contribution in [2.24, 2.45) is 0 Å². The number of benzene rings is 2. The maximum absolute atomic E-state index is 13.4. The van der Waals surface area contributed by atoms with Crippen LogP contribution in [-0.2, 0) is 6.42 Å². The molecule has 2 aliphatic heterocycles. The number of aromatic hydroxyl groups is 2. The van der Waals surface area contributed by atoms with E-state index in [1.807, 2.05) is 45.9 Å². The molecule has 0 saturated heterocycles. The van der Waals surface area contributed by atoms with Crippen molar-refractivity contribution in [3.63, 3.8) is 0 Å². The first-order valence-corrected chi connectivity index (χ1v) is 10.6. The van der Waals surface area contributed by atoms with Gasteiger partial charge in [0.2, 0.25) is 0 Å². The van der Waals surface area contributed by atoms with Gasteiger partial charge in [0, 0.05) is 5.56 Å². The molecule has 2 aromatic carbocycles. The van der Waals surface area contributed by atoms with E-state index >= 15 is 0 Å². The second-order valence-electron chi connectivity index (χ2n) is 8.93. The summed E-state index contributed by atoms with van der Waals surface area (Å²) < 4.78 is 18.3. The predicted octanol–water partition coefficient (Wildman–Crippen LogP) is 5.51. The number of ether oxygens (including phenoxy) is 3. The van der Waals surface area contributed by atoms with Gasteiger partial charge in [0.05, 0.1) is 24.7 Å². The van der Waals surface area contributed by atoms with Crippen molar-refractivity contribution in [1.29, 1.82) is 0 Å².